The number of carbonyl (C=O) groups excluding carboxylic acids is 2. The lowest BCUT2D eigenvalue weighted by molar-refractivity contribution is 0.120. The molecule has 0 aromatic carbocycles. The molecule has 0 bridgehead atoms. The molecular weight excluding hydrogens is 184 g/mol. The first-order valence-electron chi connectivity index (χ1n) is 2.80. The van der Waals surface area contributed by atoms with E-state index in [1.54, 1.807) is 0 Å². The van der Waals surface area contributed by atoms with Crippen LogP contribution in [0.4, 0.5) is 9.59 Å². The molecule has 7 heteroatoms. The number of ether oxygens (including phenoxy) is 2. The molecule has 0 spiro atoms. The first-order chi connectivity index (χ1) is 5.54. The van der Waals surface area contributed by atoms with Gasteiger partial charge in [0, 0.05) is 0 Å². The van der Waals surface area contributed by atoms with Crippen LogP contribution in [-0.4, -0.2) is 36.4 Å². The van der Waals surface area contributed by atoms with Gasteiger partial charge in [-0.15, -0.1) is 0 Å². The number of amides is 2. The van der Waals surface area contributed by atoms with E-state index >= 15 is 0 Å². The summed E-state index contributed by atoms with van der Waals surface area (Å²) in [5, 5.41) is -0.422. The first-order valence-corrected chi connectivity index (χ1v) is 3.20. The van der Waals surface area contributed by atoms with Crippen molar-refractivity contribution in [3.8, 4) is 0 Å². The Balaban J connectivity index is 4.55. The summed E-state index contributed by atoms with van der Waals surface area (Å²) < 4.78 is 8.43. The van der Waals surface area contributed by atoms with Gasteiger partial charge in [-0.3, -0.25) is 0 Å². The van der Waals surface area contributed by atoms with Crippen molar-refractivity contribution >= 4 is 29.5 Å². The number of nitrogens with zero attached hydrogens (tertiary/aromatic N) is 1. The molecule has 0 aromatic heterocycles. The molecule has 0 aliphatic carbocycles. The lowest BCUT2D eigenvalue weighted by Gasteiger charge is -2.14. The fourth-order valence-electron chi connectivity index (χ4n) is 0.437. The van der Waals surface area contributed by atoms with Gasteiger partial charge in [0.25, 0.3) is 0 Å². The minimum Gasteiger partial charge on any atom is -0.452 e. The zero-order chi connectivity index (χ0) is 9.72. The molecule has 2 amide bonds. The van der Waals surface area contributed by atoms with Crippen LogP contribution in [-0.2, 0) is 9.47 Å². The molecular formula is C5H8N2O4S. The largest absolute Gasteiger partial charge is 0.452 e. The molecule has 2 N–H and O–H groups in total. The van der Waals surface area contributed by atoms with Crippen molar-refractivity contribution < 1.29 is 19.1 Å². The molecule has 6 nitrogen and oxygen atoms in total. The molecule has 0 saturated carbocycles. The van der Waals surface area contributed by atoms with Crippen molar-refractivity contribution in [3.63, 3.8) is 0 Å². The van der Waals surface area contributed by atoms with Gasteiger partial charge in [0.05, 0.1) is 14.2 Å². The number of hydrogen-bond donors (Lipinski definition) is 1. The van der Waals surface area contributed by atoms with E-state index in [1.807, 2.05) is 0 Å². The molecule has 0 radical (unpaired) electrons. The molecule has 0 heterocycles. The standard InChI is InChI=1S/C5H8N2O4S/c1-10-4(8)7(3(6)12)5(9)11-2/h1-2H3,(H2,6,12). The van der Waals surface area contributed by atoms with Crippen LogP contribution in [0.15, 0.2) is 0 Å². The average molecular weight is 192 g/mol. The van der Waals surface area contributed by atoms with Crippen LogP contribution in [0.2, 0.25) is 0 Å². The zero-order valence-electron chi connectivity index (χ0n) is 6.57. The number of thiocarbonyl (C=S) groups is 1. The highest BCUT2D eigenvalue weighted by atomic mass is 32.1. The average Bonchev–Trinajstić information content (AvgIpc) is 2.03. The molecule has 0 unspecified atom stereocenters. The summed E-state index contributed by atoms with van der Waals surface area (Å²) in [6.07, 6.45) is -1.95. The second kappa shape index (κ2) is 4.50. The third-order valence-corrected chi connectivity index (χ3v) is 1.12. The lowest BCUT2D eigenvalue weighted by Crippen LogP contribution is -2.44. The van der Waals surface area contributed by atoms with Crippen molar-refractivity contribution in [3.05, 3.63) is 0 Å². The normalized spacial score (nSPS) is 8.50. The van der Waals surface area contributed by atoms with Crippen LogP contribution in [0.3, 0.4) is 0 Å². The summed E-state index contributed by atoms with van der Waals surface area (Å²) in [5.41, 5.74) is 5.05. The number of hydrogen-bond acceptors (Lipinski definition) is 5. The fourth-order valence-corrected chi connectivity index (χ4v) is 0.586. The maximum atomic E-state index is 10.8. The summed E-state index contributed by atoms with van der Waals surface area (Å²) in [7, 11) is 2.19. The van der Waals surface area contributed by atoms with Crippen LogP contribution in [0.25, 0.3) is 0 Å². The summed E-state index contributed by atoms with van der Waals surface area (Å²) >= 11 is 4.40. The lowest BCUT2D eigenvalue weighted by atomic mass is 10.8. The van der Waals surface area contributed by atoms with Gasteiger partial charge in [-0.25, -0.2) is 9.59 Å². The van der Waals surface area contributed by atoms with E-state index in [0.717, 1.165) is 14.2 Å². The van der Waals surface area contributed by atoms with E-state index in [2.05, 4.69) is 21.7 Å². The Morgan fingerprint density at radius 2 is 1.58 bits per heavy atom. The van der Waals surface area contributed by atoms with E-state index in [4.69, 9.17) is 5.73 Å². The number of rotatable bonds is 0. The quantitative estimate of drug-likeness (QED) is 0.547. The van der Waals surface area contributed by atoms with Gasteiger partial charge in [-0.1, -0.05) is 0 Å². The van der Waals surface area contributed by atoms with Gasteiger partial charge in [-0.05, 0) is 12.2 Å². The number of carbonyl (C=O) groups is 2. The highest BCUT2D eigenvalue weighted by Gasteiger charge is 2.25. The number of methoxy groups -OCH3 is 2. The van der Waals surface area contributed by atoms with Gasteiger partial charge in [0.15, 0.2) is 5.11 Å². The van der Waals surface area contributed by atoms with E-state index in [1.165, 1.54) is 0 Å². The van der Waals surface area contributed by atoms with E-state index in [9.17, 15) is 9.59 Å². The third-order valence-electron chi connectivity index (χ3n) is 0.935. The summed E-state index contributed by atoms with van der Waals surface area (Å²) in [6, 6.07) is 0. The molecule has 0 saturated heterocycles. The van der Waals surface area contributed by atoms with Crippen molar-refractivity contribution in [1.29, 1.82) is 0 Å². The first kappa shape index (κ1) is 10.6. The number of nitrogens with two attached hydrogens (primary N) is 1. The summed E-state index contributed by atoms with van der Waals surface area (Å²) in [6.45, 7) is 0. The van der Waals surface area contributed by atoms with Gasteiger partial charge >= 0.3 is 12.2 Å². The molecule has 68 valence electrons. The predicted octanol–water partition coefficient (Wildman–Crippen LogP) is 0.0648. The highest BCUT2D eigenvalue weighted by Crippen LogP contribution is 1.96. The Kier molecular flexibility index (Phi) is 3.98. The maximum Gasteiger partial charge on any atom is 0.425 e. The molecule has 0 aliphatic rings. The van der Waals surface area contributed by atoms with E-state index in [0.29, 0.717) is 4.90 Å². The highest BCUT2D eigenvalue weighted by molar-refractivity contribution is 7.80. The van der Waals surface area contributed by atoms with Gasteiger partial charge in [0.1, 0.15) is 0 Å². The Labute approximate surface area is 74.2 Å². The SMILES string of the molecule is COC(=O)N(C(=O)OC)C(N)=S. The molecule has 0 atom stereocenters. The second-order valence-corrected chi connectivity index (χ2v) is 2.03. The van der Waals surface area contributed by atoms with Crippen LogP contribution >= 0.6 is 12.2 Å². The second-order valence-electron chi connectivity index (χ2n) is 1.61. The van der Waals surface area contributed by atoms with E-state index < -0.39 is 17.3 Å². The topological polar surface area (TPSA) is 81.9 Å². The minimum atomic E-state index is -0.977. The summed E-state index contributed by atoms with van der Waals surface area (Å²) in [5.74, 6) is 0. The van der Waals surface area contributed by atoms with Crippen molar-refractivity contribution in [2.75, 3.05) is 14.2 Å². The summed E-state index contributed by atoms with van der Waals surface area (Å²) in [4.78, 5) is 22.0. The van der Waals surface area contributed by atoms with Crippen molar-refractivity contribution in [1.82, 2.24) is 4.90 Å². The van der Waals surface area contributed by atoms with Gasteiger partial charge in [0.2, 0.25) is 0 Å². The van der Waals surface area contributed by atoms with Crippen LogP contribution in [0.1, 0.15) is 0 Å². The van der Waals surface area contributed by atoms with Crippen molar-refractivity contribution in [2.45, 2.75) is 0 Å². The Morgan fingerprint density at radius 3 is 1.75 bits per heavy atom. The predicted molar refractivity (Wildman–Crippen MR) is 43.4 cm³/mol. The van der Waals surface area contributed by atoms with Crippen LogP contribution < -0.4 is 5.73 Å². The van der Waals surface area contributed by atoms with E-state index in [-0.39, 0.29) is 0 Å². The Bertz CT molecular complexity index is 201. The molecule has 0 aliphatic heterocycles. The molecule has 12 heavy (non-hydrogen) atoms. The fraction of sp³-hybridized carbons (Fsp3) is 0.400. The minimum absolute atomic E-state index is 0.398. The zero-order valence-corrected chi connectivity index (χ0v) is 7.38. The van der Waals surface area contributed by atoms with Gasteiger partial charge < -0.3 is 15.2 Å². The van der Waals surface area contributed by atoms with Crippen LogP contribution in [0, 0.1) is 0 Å². The van der Waals surface area contributed by atoms with Gasteiger partial charge in [-0.2, -0.15) is 4.90 Å². The number of imide groups is 1. The van der Waals surface area contributed by atoms with Crippen molar-refractivity contribution in [2.24, 2.45) is 5.73 Å². The molecule has 0 aromatic rings. The van der Waals surface area contributed by atoms with Crippen LogP contribution in [0.5, 0.6) is 0 Å². The Hall–Kier alpha value is -1.37. The smallest absolute Gasteiger partial charge is 0.425 e. The third kappa shape index (κ3) is 2.35. The maximum absolute atomic E-state index is 10.8. The molecule has 0 fully saturated rings. The Morgan fingerprint density at radius 1 is 1.25 bits per heavy atom. The monoisotopic (exact) mass is 192 g/mol. The molecule has 0 rings (SSSR count).